The number of benzene rings is 1. The van der Waals surface area contributed by atoms with Gasteiger partial charge < -0.3 is 0 Å². The molecule has 0 N–H and O–H groups in total. The Morgan fingerprint density at radius 3 is 3.00 bits per heavy atom. The highest BCUT2D eigenvalue weighted by atomic mass is 35.5. The molecule has 2 nitrogen and oxygen atoms in total. The van der Waals surface area contributed by atoms with Gasteiger partial charge in [0.1, 0.15) is 0 Å². The third kappa shape index (κ3) is 1.14. The van der Waals surface area contributed by atoms with Gasteiger partial charge in [0.15, 0.2) is 0 Å². The smallest absolute Gasteiger partial charge is 0.222 e. The van der Waals surface area contributed by atoms with Crippen molar-refractivity contribution in [1.82, 2.24) is 9.97 Å². The molecule has 0 fully saturated rings. The quantitative estimate of drug-likeness (QED) is 0.580. The summed E-state index contributed by atoms with van der Waals surface area (Å²) in [6.07, 6.45) is 1.73. The maximum absolute atomic E-state index is 5.67. The van der Waals surface area contributed by atoms with Crippen LogP contribution in [0.2, 0.25) is 5.28 Å². The fraction of sp³-hybridized carbons (Fsp3) is 0.111. The van der Waals surface area contributed by atoms with Gasteiger partial charge in [-0.2, -0.15) is 0 Å². The normalized spacial score (nSPS) is 10.5. The molecular formula is C9H7ClN2. The second kappa shape index (κ2) is 2.72. The van der Waals surface area contributed by atoms with Crippen molar-refractivity contribution < 1.29 is 0 Å². The maximum atomic E-state index is 5.67. The SMILES string of the molecule is Cc1cccc2cnc(Cl)nc12. The largest absolute Gasteiger partial charge is 0.226 e. The lowest BCUT2D eigenvalue weighted by molar-refractivity contribution is 1.21. The van der Waals surface area contributed by atoms with Crippen LogP contribution in [0.3, 0.4) is 0 Å². The van der Waals surface area contributed by atoms with Gasteiger partial charge in [-0.25, -0.2) is 9.97 Å². The van der Waals surface area contributed by atoms with Crippen molar-refractivity contribution in [2.45, 2.75) is 6.92 Å². The van der Waals surface area contributed by atoms with Crippen LogP contribution in [0.1, 0.15) is 5.56 Å². The molecule has 1 aromatic heterocycles. The molecule has 0 saturated carbocycles. The monoisotopic (exact) mass is 178 g/mol. The Morgan fingerprint density at radius 1 is 1.33 bits per heavy atom. The molecule has 1 aromatic carbocycles. The number of hydrogen-bond acceptors (Lipinski definition) is 2. The Morgan fingerprint density at radius 2 is 2.17 bits per heavy atom. The minimum Gasteiger partial charge on any atom is -0.226 e. The number of rotatable bonds is 0. The second-order valence-electron chi connectivity index (χ2n) is 2.65. The molecule has 1 heterocycles. The molecular weight excluding hydrogens is 172 g/mol. The summed E-state index contributed by atoms with van der Waals surface area (Å²) in [4.78, 5) is 8.03. The Labute approximate surface area is 75.2 Å². The minimum atomic E-state index is 0.303. The molecule has 60 valence electrons. The van der Waals surface area contributed by atoms with Crippen molar-refractivity contribution in [3.05, 3.63) is 35.2 Å². The first-order chi connectivity index (χ1) is 5.77. The van der Waals surface area contributed by atoms with E-state index in [1.54, 1.807) is 6.20 Å². The molecule has 0 aliphatic heterocycles. The number of fused-ring (bicyclic) bond motifs is 1. The lowest BCUT2D eigenvalue weighted by atomic mass is 10.2. The maximum Gasteiger partial charge on any atom is 0.222 e. The Bertz CT molecular complexity index is 426. The van der Waals surface area contributed by atoms with Crippen LogP contribution in [-0.2, 0) is 0 Å². The van der Waals surface area contributed by atoms with Gasteiger partial charge in [0.05, 0.1) is 5.52 Å². The minimum absolute atomic E-state index is 0.303. The summed E-state index contributed by atoms with van der Waals surface area (Å²) in [5.74, 6) is 0. The predicted octanol–water partition coefficient (Wildman–Crippen LogP) is 2.59. The highest BCUT2D eigenvalue weighted by Gasteiger charge is 1.98. The van der Waals surface area contributed by atoms with Crippen molar-refractivity contribution in [1.29, 1.82) is 0 Å². The van der Waals surface area contributed by atoms with Crippen molar-refractivity contribution in [2.24, 2.45) is 0 Å². The van der Waals surface area contributed by atoms with Gasteiger partial charge in [-0.05, 0) is 24.1 Å². The van der Waals surface area contributed by atoms with Crippen LogP contribution in [0, 0.1) is 6.92 Å². The van der Waals surface area contributed by atoms with E-state index in [0.717, 1.165) is 16.5 Å². The summed E-state index contributed by atoms with van der Waals surface area (Å²) in [6, 6.07) is 5.96. The van der Waals surface area contributed by atoms with Crippen LogP contribution < -0.4 is 0 Å². The molecule has 0 atom stereocenters. The fourth-order valence-corrected chi connectivity index (χ4v) is 1.32. The van der Waals surface area contributed by atoms with Crippen LogP contribution in [0.4, 0.5) is 0 Å². The summed E-state index contributed by atoms with van der Waals surface area (Å²) in [7, 11) is 0. The van der Waals surface area contributed by atoms with E-state index in [0.29, 0.717) is 5.28 Å². The fourth-order valence-electron chi connectivity index (χ4n) is 1.18. The number of hydrogen-bond donors (Lipinski definition) is 0. The molecule has 0 unspecified atom stereocenters. The van der Waals surface area contributed by atoms with E-state index >= 15 is 0 Å². The van der Waals surface area contributed by atoms with Gasteiger partial charge in [-0.15, -0.1) is 0 Å². The third-order valence-corrected chi connectivity index (χ3v) is 1.97. The average molecular weight is 179 g/mol. The molecule has 2 rings (SSSR count). The number of aromatic nitrogens is 2. The first-order valence-electron chi connectivity index (χ1n) is 3.65. The molecule has 0 saturated heterocycles. The van der Waals surface area contributed by atoms with Crippen molar-refractivity contribution >= 4 is 22.5 Å². The lowest BCUT2D eigenvalue weighted by Gasteiger charge is -1.99. The van der Waals surface area contributed by atoms with Gasteiger partial charge in [0.2, 0.25) is 5.28 Å². The van der Waals surface area contributed by atoms with E-state index in [1.807, 2.05) is 25.1 Å². The van der Waals surface area contributed by atoms with Gasteiger partial charge in [0.25, 0.3) is 0 Å². The number of halogens is 1. The highest BCUT2D eigenvalue weighted by Crippen LogP contribution is 2.15. The average Bonchev–Trinajstić information content (AvgIpc) is 2.07. The Hall–Kier alpha value is -1.15. The van der Waals surface area contributed by atoms with Crippen LogP contribution in [0.5, 0.6) is 0 Å². The van der Waals surface area contributed by atoms with Gasteiger partial charge in [-0.3, -0.25) is 0 Å². The summed E-state index contributed by atoms with van der Waals surface area (Å²) in [5, 5.41) is 1.33. The van der Waals surface area contributed by atoms with E-state index in [4.69, 9.17) is 11.6 Å². The number of para-hydroxylation sites is 1. The standard InChI is InChI=1S/C9H7ClN2/c1-6-3-2-4-7-5-11-9(10)12-8(6)7/h2-5H,1H3. The van der Waals surface area contributed by atoms with Crippen LogP contribution >= 0.6 is 11.6 Å². The van der Waals surface area contributed by atoms with E-state index < -0.39 is 0 Å². The first kappa shape index (κ1) is 7.50. The van der Waals surface area contributed by atoms with Crippen molar-refractivity contribution in [3.8, 4) is 0 Å². The zero-order valence-electron chi connectivity index (χ0n) is 6.58. The van der Waals surface area contributed by atoms with Crippen LogP contribution in [0.25, 0.3) is 10.9 Å². The summed E-state index contributed by atoms with van der Waals surface area (Å²) < 4.78 is 0. The van der Waals surface area contributed by atoms with Crippen LogP contribution in [-0.4, -0.2) is 9.97 Å². The Kier molecular flexibility index (Phi) is 1.70. The highest BCUT2D eigenvalue weighted by molar-refractivity contribution is 6.28. The zero-order valence-corrected chi connectivity index (χ0v) is 7.34. The van der Waals surface area contributed by atoms with E-state index in [1.165, 1.54) is 0 Å². The molecule has 0 radical (unpaired) electrons. The number of aryl methyl sites for hydroxylation is 1. The topological polar surface area (TPSA) is 25.8 Å². The molecule has 0 amide bonds. The van der Waals surface area contributed by atoms with Crippen LogP contribution in [0.15, 0.2) is 24.4 Å². The summed E-state index contributed by atoms with van der Waals surface area (Å²) in [6.45, 7) is 2.01. The first-order valence-corrected chi connectivity index (χ1v) is 4.03. The van der Waals surface area contributed by atoms with Gasteiger partial charge >= 0.3 is 0 Å². The third-order valence-electron chi connectivity index (χ3n) is 1.78. The second-order valence-corrected chi connectivity index (χ2v) is 2.99. The molecule has 2 aromatic rings. The molecule has 12 heavy (non-hydrogen) atoms. The van der Waals surface area contributed by atoms with Crippen molar-refractivity contribution in [2.75, 3.05) is 0 Å². The molecule has 0 spiro atoms. The molecule has 0 bridgehead atoms. The molecule has 3 heteroatoms. The van der Waals surface area contributed by atoms with E-state index in [-0.39, 0.29) is 0 Å². The Balaban J connectivity index is 2.88. The predicted molar refractivity (Wildman–Crippen MR) is 49.3 cm³/mol. The van der Waals surface area contributed by atoms with Gasteiger partial charge in [-0.1, -0.05) is 18.2 Å². The van der Waals surface area contributed by atoms with E-state index in [9.17, 15) is 0 Å². The number of nitrogens with zero attached hydrogens (tertiary/aromatic N) is 2. The molecule has 0 aliphatic carbocycles. The lowest BCUT2D eigenvalue weighted by Crippen LogP contribution is -1.86. The van der Waals surface area contributed by atoms with Crippen molar-refractivity contribution in [3.63, 3.8) is 0 Å². The summed E-state index contributed by atoms with van der Waals surface area (Å²) >= 11 is 5.67. The summed E-state index contributed by atoms with van der Waals surface area (Å²) in [5.41, 5.74) is 2.05. The molecule has 0 aliphatic rings. The van der Waals surface area contributed by atoms with Gasteiger partial charge in [0, 0.05) is 11.6 Å². The zero-order chi connectivity index (χ0) is 8.55. The van der Waals surface area contributed by atoms with E-state index in [2.05, 4.69) is 9.97 Å².